The molecule has 2 nitrogen and oxygen atoms in total. The molecule has 2 rings (SSSR count). The summed E-state index contributed by atoms with van der Waals surface area (Å²) in [6.45, 7) is 0.464. The minimum Gasteiger partial charge on any atom is -0.377 e. The second-order valence-corrected chi connectivity index (χ2v) is 4.89. The SMILES string of the molecule is Fc1cc(F)c(NCc2cncs2)c(Br)c1. The van der Waals surface area contributed by atoms with E-state index in [1.54, 1.807) is 11.7 Å². The first-order valence-corrected chi connectivity index (χ1v) is 6.10. The molecule has 0 unspecified atom stereocenters. The highest BCUT2D eigenvalue weighted by Gasteiger charge is 2.09. The molecule has 0 aliphatic heterocycles. The number of halogens is 3. The molecule has 1 heterocycles. The lowest BCUT2D eigenvalue weighted by Gasteiger charge is -2.08. The first-order valence-electron chi connectivity index (χ1n) is 4.42. The van der Waals surface area contributed by atoms with Crippen LogP contribution in [0.15, 0.2) is 28.3 Å². The molecule has 1 aromatic carbocycles. The van der Waals surface area contributed by atoms with Crippen LogP contribution in [-0.4, -0.2) is 4.98 Å². The van der Waals surface area contributed by atoms with Crippen LogP contribution >= 0.6 is 27.3 Å². The quantitative estimate of drug-likeness (QED) is 0.933. The van der Waals surface area contributed by atoms with Crippen LogP contribution in [0.2, 0.25) is 0 Å². The Morgan fingerprint density at radius 3 is 2.81 bits per heavy atom. The fourth-order valence-corrected chi connectivity index (χ4v) is 2.30. The Bertz CT molecular complexity index is 465. The predicted molar refractivity (Wildman–Crippen MR) is 63.5 cm³/mol. The second-order valence-electron chi connectivity index (χ2n) is 3.07. The molecule has 0 saturated carbocycles. The summed E-state index contributed by atoms with van der Waals surface area (Å²) in [5.74, 6) is -1.22. The fourth-order valence-electron chi connectivity index (χ4n) is 1.22. The van der Waals surface area contributed by atoms with Crippen molar-refractivity contribution in [1.29, 1.82) is 0 Å². The van der Waals surface area contributed by atoms with E-state index in [1.165, 1.54) is 17.4 Å². The number of hydrogen-bond donors (Lipinski definition) is 1. The lowest BCUT2D eigenvalue weighted by molar-refractivity contribution is 0.583. The molecule has 0 fully saturated rings. The Morgan fingerprint density at radius 2 is 2.19 bits per heavy atom. The van der Waals surface area contributed by atoms with Gasteiger partial charge in [0.15, 0.2) is 0 Å². The van der Waals surface area contributed by atoms with Crippen LogP contribution in [0.25, 0.3) is 0 Å². The Hall–Kier alpha value is -1.01. The maximum Gasteiger partial charge on any atom is 0.150 e. The van der Waals surface area contributed by atoms with Crippen molar-refractivity contribution in [2.75, 3.05) is 5.32 Å². The maximum atomic E-state index is 13.4. The molecule has 0 atom stereocenters. The number of anilines is 1. The van der Waals surface area contributed by atoms with E-state index in [4.69, 9.17) is 0 Å². The standard InChI is InChI=1S/C10H7BrF2N2S/c11-8-1-6(12)2-9(13)10(8)15-4-7-3-14-5-16-7/h1-3,5,15H,4H2. The number of nitrogens with zero attached hydrogens (tertiary/aromatic N) is 1. The van der Waals surface area contributed by atoms with Gasteiger partial charge in [-0.25, -0.2) is 8.78 Å². The molecule has 0 saturated heterocycles. The highest BCUT2D eigenvalue weighted by molar-refractivity contribution is 9.10. The highest BCUT2D eigenvalue weighted by atomic mass is 79.9. The van der Waals surface area contributed by atoms with Crippen molar-refractivity contribution >= 4 is 33.0 Å². The molecule has 1 N–H and O–H groups in total. The summed E-state index contributed by atoms with van der Waals surface area (Å²) in [6, 6.07) is 2.07. The molecule has 0 aliphatic rings. The third-order valence-corrected chi connectivity index (χ3v) is 3.33. The largest absolute Gasteiger partial charge is 0.377 e. The average molecular weight is 305 g/mol. The number of benzene rings is 1. The lowest BCUT2D eigenvalue weighted by atomic mass is 10.3. The molecule has 1 aromatic heterocycles. The van der Waals surface area contributed by atoms with Gasteiger partial charge in [-0.1, -0.05) is 0 Å². The van der Waals surface area contributed by atoms with Gasteiger partial charge >= 0.3 is 0 Å². The van der Waals surface area contributed by atoms with Crippen molar-refractivity contribution in [3.63, 3.8) is 0 Å². The molecule has 84 valence electrons. The lowest BCUT2D eigenvalue weighted by Crippen LogP contribution is -2.01. The zero-order valence-electron chi connectivity index (χ0n) is 8.01. The van der Waals surface area contributed by atoms with Crippen molar-refractivity contribution in [2.24, 2.45) is 0 Å². The zero-order chi connectivity index (χ0) is 11.5. The molecule has 2 aromatic rings. The molecule has 0 spiro atoms. The van der Waals surface area contributed by atoms with E-state index in [2.05, 4.69) is 26.2 Å². The van der Waals surface area contributed by atoms with Gasteiger partial charge in [-0.2, -0.15) is 0 Å². The summed E-state index contributed by atoms with van der Waals surface area (Å²) in [4.78, 5) is 4.89. The Balaban J connectivity index is 2.15. The Morgan fingerprint density at radius 1 is 1.38 bits per heavy atom. The molecular weight excluding hydrogens is 298 g/mol. The number of rotatable bonds is 3. The van der Waals surface area contributed by atoms with E-state index in [9.17, 15) is 8.78 Å². The molecule has 0 radical (unpaired) electrons. The van der Waals surface area contributed by atoms with Crippen LogP contribution < -0.4 is 5.32 Å². The Kier molecular flexibility index (Phi) is 3.50. The smallest absolute Gasteiger partial charge is 0.150 e. The number of hydrogen-bond acceptors (Lipinski definition) is 3. The van der Waals surface area contributed by atoms with E-state index in [1.807, 2.05) is 0 Å². The van der Waals surface area contributed by atoms with Gasteiger partial charge in [-0.3, -0.25) is 4.98 Å². The Labute approximate surface area is 103 Å². The molecule has 0 aliphatic carbocycles. The monoisotopic (exact) mass is 304 g/mol. The van der Waals surface area contributed by atoms with Gasteiger partial charge in [0.1, 0.15) is 11.6 Å². The van der Waals surface area contributed by atoms with Crippen molar-refractivity contribution in [1.82, 2.24) is 4.98 Å². The van der Waals surface area contributed by atoms with E-state index in [-0.39, 0.29) is 5.69 Å². The van der Waals surface area contributed by atoms with Crippen LogP contribution in [0.3, 0.4) is 0 Å². The summed E-state index contributed by atoms with van der Waals surface area (Å²) in [5, 5.41) is 2.89. The maximum absolute atomic E-state index is 13.4. The molecular formula is C10H7BrF2N2S. The van der Waals surface area contributed by atoms with Crippen LogP contribution in [0.5, 0.6) is 0 Å². The number of thiazole rings is 1. The summed E-state index contributed by atoms with van der Waals surface area (Å²) in [5.41, 5.74) is 1.96. The van der Waals surface area contributed by atoms with Crippen LogP contribution in [0.1, 0.15) is 4.88 Å². The van der Waals surface area contributed by atoms with E-state index < -0.39 is 11.6 Å². The van der Waals surface area contributed by atoms with Gasteiger partial charge in [-0.05, 0) is 22.0 Å². The first kappa shape index (κ1) is 11.5. The topological polar surface area (TPSA) is 24.9 Å². The molecule has 0 bridgehead atoms. The van der Waals surface area contributed by atoms with Gasteiger partial charge in [0.25, 0.3) is 0 Å². The first-order chi connectivity index (χ1) is 7.66. The van der Waals surface area contributed by atoms with Crippen molar-refractivity contribution < 1.29 is 8.78 Å². The van der Waals surface area contributed by atoms with Crippen molar-refractivity contribution in [2.45, 2.75) is 6.54 Å². The minimum absolute atomic E-state index is 0.259. The minimum atomic E-state index is -0.614. The average Bonchev–Trinajstić information content (AvgIpc) is 2.68. The van der Waals surface area contributed by atoms with E-state index in [0.717, 1.165) is 10.9 Å². The van der Waals surface area contributed by atoms with Gasteiger partial charge < -0.3 is 5.32 Å². The third kappa shape index (κ3) is 2.56. The fraction of sp³-hybridized carbons (Fsp3) is 0.100. The summed E-state index contributed by atoms with van der Waals surface area (Å²) >= 11 is 4.58. The molecule has 6 heteroatoms. The molecule has 0 amide bonds. The number of nitrogens with one attached hydrogen (secondary N) is 1. The summed E-state index contributed by atoms with van der Waals surface area (Å²) in [7, 11) is 0. The van der Waals surface area contributed by atoms with Gasteiger partial charge in [0.05, 0.1) is 17.7 Å². The van der Waals surface area contributed by atoms with E-state index >= 15 is 0 Å². The summed E-state index contributed by atoms with van der Waals surface area (Å²) in [6.07, 6.45) is 1.70. The number of aromatic nitrogens is 1. The van der Waals surface area contributed by atoms with Crippen molar-refractivity contribution in [3.05, 3.63) is 44.8 Å². The van der Waals surface area contributed by atoms with Crippen LogP contribution in [-0.2, 0) is 6.54 Å². The summed E-state index contributed by atoms with van der Waals surface area (Å²) < 4.78 is 26.6. The molecule has 16 heavy (non-hydrogen) atoms. The van der Waals surface area contributed by atoms with Gasteiger partial charge in [-0.15, -0.1) is 11.3 Å². The van der Waals surface area contributed by atoms with Gasteiger partial charge in [0.2, 0.25) is 0 Å². The van der Waals surface area contributed by atoms with E-state index in [0.29, 0.717) is 11.0 Å². The van der Waals surface area contributed by atoms with Crippen LogP contribution in [0.4, 0.5) is 14.5 Å². The van der Waals surface area contributed by atoms with Crippen LogP contribution in [0, 0.1) is 11.6 Å². The second kappa shape index (κ2) is 4.88. The normalized spacial score (nSPS) is 10.4. The zero-order valence-corrected chi connectivity index (χ0v) is 10.4. The highest BCUT2D eigenvalue weighted by Crippen LogP contribution is 2.27. The third-order valence-electron chi connectivity index (χ3n) is 1.93. The van der Waals surface area contributed by atoms with Gasteiger partial charge in [0, 0.05) is 21.6 Å². The van der Waals surface area contributed by atoms with Crippen molar-refractivity contribution in [3.8, 4) is 0 Å². The predicted octanol–water partition coefficient (Wildman–Crippen LogP) is 3.80.